The highest BCUT2D eigenvalue weighted by molar-refractivity contribution is 5.64. The minimum absolute atomic E-state index is 0.187. The van der Waals surface area contributed by atoms with Crippen LogP contribution in [0.25, 0.3) is 0 Å². The van der Waals surface area contributed by atoms with E-state index in [2.05, 4.69) is 10.6 Å². The molecule has 0 spiro atoms. The fraction of sp³-hybridized carbons (Fsp3) is 0.800. The molecule has 0 saturated heterocycles. The molecule has 1 amide bonds. The van der Waals surface area contributed by atoms with E-state index in [-0.39, 0.29) is 6.61 Å². The van der Waals surface area contributed by atoms with Gasteiger partial charge in [0.05, 0.1) is 12.6 Å². The quantitative estimate of drug-likeness (QED) is 0.405. The molecule has 0 radical (unpaired) electrons. The zero-order valence-electron chi connectivity index (χ0n) is 5.79. The van der Waals surface area contributed by atoms with Gasteiger partial charge in [0.25, 0.3) is 0 Å². The standard InChI is InChI=1S/C5H12N2O3/c1-6-2-4(3-8)7-5(9)10/h4,6-8H,2-3H2,1H3,(H,9,10)/t4-/m1/s1. The van der Waals surface area contributed by atoms with Crippen molar-refractivity contribution in [2.45, 2.75) is 6.04 Å². The Labute approximate surface area is 59.0 Å². The largest absolute Gasteiger partial charge is 0.465 e. The van der Waals surface area contributed by atoms with Crippen molar-refractivity contribution in [1.82, 2.24) is 10.6 Å². The van der Waals surface area contributed by atoms with Crippen LogP contribution < -0.4 is 10.6 Å². The van der Waals surface area contributed by atoms with Crippen LogP contribution in [0.1, 0.15) is 0 Å². The third-order valence-corrected chi connectivity index (χ3v) is 0.999. The Morgan fingerprint density at radius 1 is 1.70 bits per heavy atom. The van der Waals surface area contributed by atoms with E-state index in [1.165, 1.54) is 0 Å². The van der Waals surface area contributed by atoms with Gasteiger partial charge in [-0.2, -0.15) is 0 Å². The molecule has 5 heteroatoms. The molecule has 10 heavy (non-hydrogen) atoms. The fourth-order valence-corrected chi connectivity index (χ4v) is 0.582. The molecular formula is C5H12N2O3. The number of carboxylic acid groups (broad SMARTS) is 1. The van der Waals surface area contributed by atoms with Gasteiger partial charge in [-0.15, -0.1) is 0 Å². The van der Waals surface area contributed by atoms with E-state index in [1.807, 2.05) is 0 Å². The average Bonchev–Trinajstić information content (AvgIpc) is 1.86. The van der Waals surface area contributed by atoms with Crippen molar-refractivity contribution < 1.29 is 15.0 Å². The predicted molar refractivity (Wildman–Crippen MR) is 36.0 cm³/mol. The summed E-state index contributed by atoms with van der Waals surface area (Å²) in [5.41, 5.74) is 0. The Morgan fingerprint density at radius 3 is 2.60 bits per heavy atom. The maximum Gasteiger partial charge on any atom is 0.405 e. The fourth-order valence-electron chi connectivity index (χ4n) is 0.582. The topological polar surface area (TPSA) is 81.6 Å². The summed E-state index contributed by atoms with van der Waals surface area (Å²) in [7, 11) is 1.69. The van der Waals surface area contributed by atoms with Gasteiger partial charge in [-0.05, 0) is 7.05 Å². The summed E-state index contributed by atoms with van der Waals surface area (Å²) in [6.45, 7) is 0.246. The summed E-state index contributed by atoms with van der Waals surface area (Å²) in [6.07, 6.45) is -1.12. The maximum absolute atomic E-state index is 9.99. The van der Waals surface area contributed by atoms with Crippen molar-refractivity contribution in [3.63, 3.8) is 0 Å². The number of amides is 1. The molecular weight excluding hydrogens is 136 g/mol. The molecule has 0 aromatic heterocycles. The van der Waals surface area contributed by atoms with Gasteiger partial charge in [-0.25, -0.2) is 4.79 Å². The zero-order valence-corrected chi connectivity index (χ0v) is 5.79. The normalized spacial score (nSPS) is 12.6. The number of hydrogen-bond acceptors (Lipinski definition) is 3. The molecule has 0 saturated carbocycles. The van der Waals surface area contributed by atoms with Crippen LogP contribution in [0.3, 0.4) is 0 Å². The van der Waals surface area contributed by atoms with Crippen LogP contribution in [-0.2, 0) is 0 Å². The third-order valence-electron chi connectivity index (χ3n) is 0.999. The zero-order chi connectivity index (χ0) is 7.98. The van der Waals surface area contributed by atoms with Gasteiger partial charge < -0.3 is 20.8 Å². The molecule has 4 N–H and O–H groups in total. The van der Waals surface area contributed by atoms with Crippen molar-refractivity contribution in [3.05, 3.63) is 0 Å². The molecule has 0 rings (SSSR count). The molecule has 0 aliphatic carbocycles. The van der Waals surface area contributed by atoms with Crippen LogP contribution in [0.2, 0.25) is 0 Å². The Balaban J connectivity index is 3.49. The minimum Gasteiger partial charge on any atom is -0.465 e. The molecule has 60 valence electrons. The number of aliphatic hydroxyl groups excluding tert-OH is 1. The van der Waals surface area contributed by atoms with Crippen LogP contribution in [0.4, 0.5) is 4.79 Å². The molecule has 0 fully saturated rings. The van der Waals surface area contributed by atoms with E-state index < -0.39 is 12.1 Å². The van der Waals surface area contributed by atoms with E-state index in [1.54, 1.807) is 7.05 Å². The Morgan fingerprint density at radius 2 is 2.30 bits per heavy atom. The highest BCUT2D eigenvalue weighted by atomic mass is 16.4. The van der Waals surface area contributed by atoms with Crippen molar-refractivity contribution in [2.24, 2.45) is 0 Å². The second-order valence-electron chi connectivity index (χ2n) is 1.89. The van der Waals surface area contributed by atoms with Crippen molar-refractivity contribution in [3.8, 4) is 0 Å². The smallest absolute Gasteiger partial charge is 0.405 e. The number of nitrogens with one attached hydrogen (secondary N) is 2. The summed E-state index contributed by atoms with van der Waals surface area (Å²) >= 11 is 0. The maximum atomic E-state index is 9.99. The van der Waals surface area contributed by atoms with Gasteiger partial charge in [0, 0.05) is 6.54 Å². The molecule has 0 unspecified atom stereocenters. The van der Waals surface area contributed by atoms with Gasteiger partial charge >= 0.3 is 6.09 Å². The highest BCUT2D eigenvalue weighted by Gasteiger charge is 2.07. The second-order valence-corrected chi connectivity index (χ2v) is 1.89. The number of rotatable bonds is 4. The molecule has 0 heterocycles. The molecule has 0 aromatic carbocycles. The lowest BCUT2D eigenvalue weighted by Crippen LogP contribution is -2.42. The lowest BCUT2D eigenvalue weighted by Gasteiger charge is -2.12. The highest BCUT2D eigenvalue weighted by Crippen LogP contribution is 1.77. The number of carbonyl (C=O) groups is 1. The van der Waals surface area contributed by atoms with Gasteiger partial charge in [0.15, 0.2) is 0 Å². The van der Waals surface area contributed by atoms with Crippen LogP contribution >= 0.6 is 0 Å². The van der Waals surface area contributed by atoms with E-state index in [9.17, 15) is 4.79 Å². The first kappa shape index (κ1) is 9.19. The molecule has 0 aromatic rings. The Bertz CT molecular complexity index is 107. The summed E-state index contributed by atoms with van der Waals surface area (Å²) in [5.74, 6) is 0. The van der Waals surface area contributed by atoms with Crippen molar-refractivity contribution in [1.29, 1.82) is 0 Å². The predicted octanol–water partition coefficient (Wildman–Crippen LogP) is -1.17. The molecule has 0 bridgehead atoms. The molecule has 0 aliphatic rings. The summed E-state index contributed by atoms with van der Waals surface area (Å²) in [5, 5.41) is 21.6. The van der Waals surface area contributed by atoms with Gasteiger partial charge in [-0.1, -0.05) is 0 Å². The first-order chi connectivity index (χ1) is 4.70. The van der Waals surface area contributed by atoms with E-state index in [0.29, 0.717) is 6.54 Å². The summed E-state index contributed by atoms with van der Waals surface area (Å²) in [4.78, 5) is 9.99. The summed E-state index contributed by atoms with van der Waals surface area (Å²) < 4.78 is 0. The lowest BCUT2D eigenvalue weighted by atomic mass is 10.3. The van der Waals surface area contributed by atoms with Crippen molar-refractivity contribution in [2.75, 3.05) is 20.2 Å². The molecule has 0 aliphatic heterocycles. The SMILES string of the molecule is CNC[C@H](CO)NC(=O)O. The Kier molecular flexibility index (Phi) is 4.61. The van der Waals surface area contributed by atoms with Gasteiger partial charge in [-0.3, -0.25) is 0 Å². The second kappa shape index (κ2) is 5.01. The first-order valence-corrected chi connectivity index (χ1v) is 2.95. The van der Waals surface area contributed by atoms with E-state index >= 15 is 0 Å². The molecule has 5 nitrogen and oxygen atoms in total. The third kappa shape index (κ3) is 4.11. The number of hydrogen-bond donors (Lipinski definition) is 4. The Hall–Kier alpha value is -0.810. The van der Waals surface area contributed by atoms with E-state index in [4.69, 9.17) is 10.2 Å². The number of likely N-dealkylation sites (N-methyl/N-ethyl adjacent to an activating group) is 1. The van der Waals surface area contributed by atoms with Crippen LogP contribution in [-0.4, -0.2) is 42.5 Å². The minimum atomic E-state index is -1.12. The van der Waals surface area contributed by atoms with Crippen LogP contribution in [0.15, 0.2) is 0 Å². The van der Waals surface area contributed by atoms with Crippen LogP contribution in [0, 0.1) is 0 Å². The van der Waals surface area contributed by atoms with Gasteiger partial charge in [0.1, 0.15) is 0 Å². The monoisotopic (exact) mass is 148 g/mol. The molecule has 1 atom stereocenters. The van der Waals surface area contributed by atoms with Crippen molar-refractivity contribution >= 4 is 6.09 Å². The summed E-state index contributed by atoms with van der Waals surface area (Å²) in [6, 6.07) is -0.414. The lowest BCUT2D eigenvalue weighted by molar-refractivity contribution is 0.177. The number of aliphatic hydroxyl groups is 1. The average molecular weight is 148 g/mol. The van der Waals surface area contributed by atoms with E-state index in [0.717, 1.165) is 0 Å². The van der Waals surface area contributed by atoms with Crippen LogP contribution in [0.5, 0.6) is 0 Å². The van der Waals surface area contributed by atoms with Gasteiger partial charge in [0.2, 0.25) is 0 Å². The first-order valence-electron chi connectivity index (χ1n) is 2.95.